The van der Waals surface area contributed by atoms with E-state index in [1.807, 2.05) is 0 Å². The first-order valence-corrected chi connectivity index (χ1v) is 4.98. The summed E-state index contributed by atoms with van der Waals surface area (Å²) in [4.78, 5) is 11.6. The Bertz CT molecular complexity index is 538. The highest BCUT2D eigenvalue weighted by Crippen LogP contribution is 2.11. The summed E-state index contributed by atoms with van der Waals surface area (Å²) in [5.41, 5.74) is 1.21. The maximum Gasteiger partial charge on any atom is 0.324 e. The molecular formula is C11H11FN4O. The molecule has 17 heavy (non-hydrogen) atoms. The summed E-state index contributed by atoms with van der Waals surface area (Å²) in [7, 11) is 0. The van der Waals surface area contributed by atoms with Crippen LogP contribution in [0.15, 0.2) is 30.5 Å². The van der Waals surface area contributed by atoms with Crippen molar-refractivity contribution in [2.24, 2.45) is 0 Å². The number of aromatic nitrogens is 2. The van der Waals surface area contributed by atoms with Crippen LogP contribution in [0.5, 0.6) is 0 Å². The number of halogens is 1. The largest absolute Gasteiger partial charge is 0.324 e. The van der Waals surface area contributed by atoms with Crippen LogP contribution in [0.2, 0.25) is 0 Å². The lowest BCUT2D eigenvalue weighted by molar-refractivity contribution is 0.262. The van der Waals surface area contributed by atoms with Crippen molar-refractivity contribution in [2.45, 2.75) is 6.92 Å². The number of hydrogen-bond acceptors (Lipinski definition) is 2. The molecule has 88 valence electrons. The van der Waals surface area contributed by atoms with Crippen LogP contribution in [0.1, 0.15) is 5.56 Å². The van der Waals surface area contributed by atoms with Gasteiger partial charge in [-0.25, -0.2) is 9.18 Å². The molecule has 1 aromatic heterocycles. The summed E-state index contributed by atoms with van der Waals surface area (Å²) in [6.07, 6.45) is 1.60. The first-order chi connectivity index (χ1) is 8.15. The number of benzene rings is 1. The second-order valence-electron chi connectivity index (χ2n) is 3.52. The molecule has 0 aliphatic heterocycles. The van der Waals surface area contributed by atoms with Gasteiger partial charge in [0.2, 0.25) is 0 Å². The fourth-order valence-electron chi connectivity index (χ4n) is 1.32. The number of urea groups is 1. The van der Waals surface area contributed by atoms with Gasteiger partial charge < -0.3 is 5.32 Å². The zero-order valence-electron chi connectivity index (χ0n) is 9.12. The smallest absolute Gasteiger partial charge is 0.308 e. The molecule has 0 radical (unpaired) electrons. The standard InChI is InChI=1S/C11H11FN4O/c1-7-6-13-16-10(7)15-11(17)14-9-4-2-3-8(12)5-9/h2-6H,1H3,(H3,13,14,15,16,17). The molecule has 0 saturated heterocycles. The number of nitrogens with zero attached hydrogens (tertiary/aromatic N) is 1. The molecule has 5 nitrogen and oxygen atoms in total. The number of carbonyl (C=O) groups excluding carboxylic acids is 1. The van der Waals surface area contributed by atoms with E-state index < -0.39 is 11.8 Å². The van der Waals surface area contributed by atoms with Crippen LogP contribution >= 0.6 is 0 Å². The fraction of sp³-hybridized carbons (Fsp3) is 0.0909. The molecule has 0 aliphatic carbocycles. The summed E-state index contributed by atoms with van der Waals surface area (Å²) in [6.45, 7) is 1.81. The zero-order chi connectivity index (χ0) is 12.3. The lowest BCUT2D eigenvalue weighted by atomic mass is 10.3. The van der Waals surface area contributed by atoms with Gasteiger partial charge in [0.05, 0.1) is 6.20 Å². The van der Waals surface area contributed by atoms with Crippen molar-refractivity contribution in [1.29, 1.82) is 0 Å². The number of aryl methyl sites for hydroxylation is 1. The van der Waals surface area contributed by atoms with Crippen molar-refractivity contribution in [2.75, 3.05) is 10.6 Å². The summed E-state index contributed by atoms with van der Waals surface area (Å²) in [5.74, 6) is 0.111. The van der Waals surface area contributed by atoms with Crippen molar-refractivity contribution in [3.05, 3.63) is 41.8 Å². The maximum absolute atomic E-state index is 12.9. The van der Waals surface area contributed by atoms with E-state index in [9.17, 15) is 9.18 Å². The lowest BCUT2D eigenvalue weighted by Crippen LogP contribution is -2.20. The van der Waals surface area contributed by atoms with Crippen LogP contribution in [0.25, 0.3) is 0 Å². The number of aromatic amines is 1. The van der Waals surface area contributed by atoms with Crippen LogP contribution < -0.4 is 10.6 Å². The highest BCUT2D eigenvalue weighted by molar-refractivity contribution is 5.99. The number of hydrogen-bond donors (Lipinski definition) is 3. The van der Waals surface area contributed by atoms with Gasteiger partial charge in [-0.1, -0.05) is 6.07 Å². The van der Waals surface area contributed by atoms with Gasteiger partial charge in [0, 0.05) is 11.3 Å². The van der Waals surface area contributed by atoms with E-state index >= 15 is 0 Å². The Morgan fingerprint density at radius 1 is 1.41 bits per heavy atom. The van der Waals surface area contributed by atoms with Gasteiger partial charge in [-0.05, 0) is 25.1 Å². The molecule has 0 aliphatic rings. The Kier molecular flexibility index (Phi) is 3.04. The number of nitrogens with one attached hydrogen (secondary N) is 3. The molecule has 2 aromatic rings. The molecule has 0 atom stereocenters. The van der Waals surface area contributed by atoms with Gasteiger partial charge in [-0.15, -0.1) is 0 Å². The van der Waals surface area contributed by atoms with E-state index in [1.54, 1.807) is 19.2 Å². The van der Waals surface area contributed by atoms with Gasteiger partial charge in [0.25, 0.3) is 0 Å². The third kappa shape index (κ3) is 2.81. The molecule has 2 rings (SSSR count). The first-order valence-electron chi connectivity index (χ1n) is 4.98. The summed E-state index contributed by atoms with van der Waals surface area (Å²) >= 11 is 0. The maximum atomic E-state index is 12.9. The van der Waals surface area contributed by atoms with Crippen molar-refractivity contribution in [3.8, 4) is 0 Å². The molecule has 6 heteroatoms. The third-order valence-corrected chi connectivity index (χ3v) is 2.15. The number of anilines is 2. The highest BCUT2D eigenvalue weighted by atomic mass is 19.1. The minimum absolute atomic E-state index is 0.389. The molecule has 0 fully saturated rings. The molecule has 0 spiro atoms. The van der Waals surface area contributed by atoms with Crippen LogP contribution in [-0.4, -0.2) is 16.2 Å². The van der Waals surface area contributed by atoms with E-state index in [-0.39, 0.29) is 0 Å². The number of amides is 2. The van der Waals surface area contributed by atoms with Gasteiger partial charge in [0.15, 0.2) is 0 Å². The van der Waals surface area contributed by atoms with E-state index in [0.717, 1.165) is 5.56 Å². The van der Waals surface area contributed by atoms with Crippen molar-refractivity contribution in [1.82, 2.24) is 10.2 Å². The molecular weight excluding hydrogens is 223 g/mol. The Morgan fingerprint density at radius 3 is 2.88 bits per heavy atom. The van der Waals surface area contributed by atoms with Gasteiger partial charge in [0.1, 0.15) is 11.6 Å². The average Bonchev–Trinajstić information content (AvgIpc) is 2.64. The van der Waals surface area contributed by atoms with Crippen LogP contribution in [-0.2, 0) is 0 Å². The van der Waals surface area contributed by atoms with E-state index in [0.29, 0.717) is 11.5 Å². The zero-order valence-corrected chi connectivity index (χ0v) is 9.12. The Labute approximate surface area is 97.0 Å². The van der Waals surface area contributed by atoms with Crippen LogP contribution in [0, 0.1) is 12.7 Å². The Hall–Kier alpha value is -2.37. The number of H-pyrrole nitrogens is 1. The van der Waals surface area contributed by atoms with Gasteiger partial charge in [-0.2, -0.15) is 5.10 Å². The topological polar surface area (TPSA) is 69.8 Å². The molecule has 3 N–H and O–H groups in total. The monoisotopic (exact) mass is 234 g/mol. The second-order valence-corrected chi connectivity index (χ2v) is 3.52. The Balaban J connectivity index is 2.01. The molecule has 1 aromatic carbocycles. The molecule has 1 heterocycles. The highest BCUT2D eigenvalue weighted by Gasteiger charge is 2.06. The molecule has 0 saturated carbocycles. The minimum atomic E-state index is -0.456. The predicted octanol–water partition coefficient (Wildman–Crippen LogP) is 2.50. The predicted molar refractivity (Wildman–Crippen MR) is 62.4 cm³/mol. The summed E-state index contributed by atoms with van der Waals surface area (Å²) in [5, 5.41) is 11.5. The van der Waals surface area contributed by atoms with Crippen molar-refractivity contribution < 1.29 is 9.18 Å². The normalized spacial score (nSPS) is 10.0. The summed E-state index contributed by atoms with van der Waals surface area (Å²) in [6, 6.07) is 5.21. The second kappa shape index (κ2) is 4.65. The third-order valence-electron chi connectivity index (χ3n) is 2.15. The van der Waals surface area contributed by atoms with Gasteiger partial charge >= 0.3 is 6.03 Å². The molecule has 0 unspecified atom stereocenters. The molecule has 2 amide bonds. The average molecular weight is 234 g/mol. The SMILES string of the molecule is Cc1cn[nH]c1NC(=O)Nc1cccc(F)c1. The first kappa shape index (κ1) is 11.1. The Morgan fingerprint density at radius 2 is 2.24 bits per heavy atom. The molecule has 0 bridgehead atoms. The minimum Gasteiger partial charge on any atom is -0.308 e. The van der Waals surface area contributed by atoms with Crippen molar-refractivity contribution in [3.63, 3.8) is 0 Å². The van der Waals surface area contributed by atoms with Gasteiger partial charge in [-0.3, -0.25) is 10.4 Å². The van der Waals surface area contributed by atoms with Crippen LogP contribution in [0.4, 0.5) is 20.7 Å². The number of carbonyl (C=O) groups is 1. The number of rotatable bonds is 2. The van der Waals surface area contributed by atoms with Crippen LogP contribution in [0.3, 0.4) is 0 Å². The van der Waals surface area contributed by atoms with E-state index in [4.69, 9.17) is 0 Å². The van der Waals surface area contributed by atoms with E-state index in [1.165, 1.54) is 18.2 Å². The van der Waals surface area contributed by atoms with E-state index in [2.05, 4.69) is 20.8 Å². The lowest BCUT2D eigenvalue weighted by Gasteiger charge is -2.06. The quantitative estimate of drug-likeness (QED) is 0.747. The summed E-state index contributed by atoms with van der Waals surface area (Å²) < 4.78 is 12.9. The fourth-order valence-corrected chi connectivity index (χ4v) is 1.32. The van der Waals surface area contributed by atoms with Crippen molar-refractivity contribution >= 4 is 17.5 Å².